The first-order valence-corrected chi connectivity index (χ1v) is 10.4. The van der Waals surface area contributed by atoms with E-state index in [4.69, 9.17) is 16.3 Å². The van der Waals surface area contributed by atoms with E-state index >= 15 is 0 Å². The summed E-state index contributed by atoms with van der Waals surface area (Å²) in [5, 5.41) is 5.47. The third-order valence-electron chi connectivity index (χ3n) is 4.60. The van der Waals surface area contributed by atoms with E-state index in [2.05, 4.69) is 10.3 Å². The van der Waals surface area contributed by atoms with Crippen LogP contribution < -0.4 is 11.0 Å². The Labute approximate surface area is 185 Å². The molecule has 1 amide bonds. The monoisotopic (exact) mass is 453 g/mol. The van der Waals surface area contributed by atoms with Crippen molar-refractivity contribution in [3.63, 3.8) is 0 Å². The number of nitrogens with one attached hydrogen (secondary N) is 1. The number of hydrogen-bond donors (Lipinski definition) is 1. The molecular weight excluding hydrogens is 438 g/mol. The number of amides is 1. The van der Waals surface area contributed by atoms with Crippen LogP contribution in [0.4, 0.5) is 5.69 Å². The number of thiophene rings is 1. The highest BCUT2D eigenvalue weighted by molar-refractivity contribution is 7.12. The Kier molecular flexibility index (Phi) is 5.83. The smallest absolute Gasteiger partial charge is 0.350 e. The van der Waals surface area contributed by atoms with Crippen LogP contribution in [0.3, 0.4) is 0 Å². The number of fused-ring (bicyclic) bond motifs is 1. The minimum absolute atomic E-state index is 0.275. The summed E-state index contributed by atoms with van der Waals surface area (Å²) in [6.07, 6.45) is 0. The van der Waals surface area contributed by atoms with Crippen molar-refractivity contribution >= 4 is 51.4 Å². The highest BCUT2D eigenvalue weighted by Crippen LogP contribution is 2.28. The largest absolute Gasteiger partial charge is 0.465 e. The minimum atomic E-state index is -0.567. The number of carbonyl (C=O) groups excluding carboxylic acids is 2. The van der Waals surface area contributed by atoms with Gasteiger partial charge in [-0.1, -0.05) is 41.9 Å². The number of rotatable bonds is 5. The molecule has 0 spiro atoms. The minimum Gasteiger partial charge on any atom is -0.465 e. The van der Waals surface area contributed by atoms with Gasteiger partial charge in [0.15, 0.2) is 0 Å². The van der Waals surface area contributed by atoms with Crippen molar-refractivity contribution < 1.29 is 14.3 Å². The molecule has 2 aromatic heterocycles. The molecule has 156 valence electrons. The third-order valence-corrected chi connectivity index (χ3v) is 5.73. The number of benzene rings is 2. The van der Waals surface area contributed by atoms with Crippen LogP contribution in [0.25, 0.3) is 22.2 Å². The SMILES string of the molecule is COC(=O)c1sccc1NC(=O)Cn1c(=O)nc(-c2ccccc2)c2cc(Cl)ccc21. The molecule has 0 saturated carbocycles. The van der Waals surface area contributed by atoms with Gasteiger partial charge in [0.05, 0.1) is 24.0 Å². The van der Waals surface area contributed by atoms with Gasteiger partial charge in [-0.15, -0.1) is 11.3 Å². The summed E-state index contributed by atoms with van der Waals surface area (Å²) in [4.78, 5) is 41.8. The molecular formula is C22H16ClN3O4S. The predicted molar refractivity (Wildman–Crippen MR) is 121 cm³/mol. The zero-order valence-corrected chi connectivity index (χ0v) is 17.9. The average molecular weight is 454 g/mol. The van der Waals surface area contributed by atoms with E-state index < -0.39 is 17.6 Å². The summed E-state index contributed by atoms with van der Waals surface area (Å²) in [7, 11) is 1.27. The van der Waals surface area contributed by atoms with Gasteiger partial charge in [-0.3, -0.25) is 9.36 Å². The molecule has 9 heteroatoms. The lowest BCUT2D eigenvalue weighted by Gasteiger charge is -2.13. The predicted octanol–water partition coefficient (Wildman–Crippen LogP) is 4.20. The molecule has 0 atom stereocenters. The Morgan fingerprint density at radius 2 is 1.94 bits per heavy atom. The van der Waals surface area contributed by atoms with Crippen LogP contribution in [0.5, 0.6) is 0 Å². The van der Waals surface area contributed by atoms with Gasteiger partial charge in [0.2, 0.25) is 5.91 Å². The number of ether oxygens (including phenoxy) is 1. The first-order valence-electron chi connectivity index (χ1n) is 9.19. The Hall–Kier alpha value is -3.49. The number of methoxy groups -OCH3 is 1. The van der Waals surface area contributed by atoms with Crippen LogP contribution in [0, 0.1) is 0 Å². The van der Waals surface area contributed by atoms with E-state index in [1.54, 1.807) is 29.6 Å². The molecule has 0 fully saturated rings. The molecule has 7 nitrogen and oxygen atoms in total. The Morgan fingerprint density at radius 1 is 1.16 bits per heavy atom. The molecule has 0 aliphatic carbocycles. The molecule has 4 rings (SSSR count). The molecule has 0 unspecified atom stereocenters. The van der Waals surface area contributed by atoms with Crippen molar-refractivity contribution in [1.82, 2.24) is 9.55 Å². The molecule has 31 heavy (non-hydrogen) atoms. The molecule has 2 heterocycles. The molecule has 0 aliphatic heterocycles. The number of aromatic nitrogens is 2. The number of carbonyl (C=O) groups is 2. The first-order chi connectivity index (χ1) is 15.0. The summed E-state index contributed by atoms with van der Waals surface area (Å²) in [5.41, 5.74) is 1.55. The van der Waals surface area contributed by atoms with Crippen molar-refractivity contribution in [2.75, 3.05) is 12.4 Å². The standard InChI is InChI=1S/C22H16ClN3O4S/c1-30-21(28)20-16(9-10-31-20)24-18(27)12-26-17-8-7-14(23)11-15(17)19(25-22(26)29)13-5-3-2-4-6-13/h2-11H,12H2,1H3,(H,24,27). The van der Waals surface area contributed by atoms with Crippen molar-refractivity contribution in [2.45, 2.75) is 6.54 Å². The van der Waals surface area contributed by atoms with Crippen molar-refractivity contribution in [3.8, 4) is 11.3 Å². The van der Waals surface area contributed by atoms with Gasteiger partial charge in [-0.05, 0) is 29.6 Å². The molecule has 0 saturated heterocycles. The lowest BCUT2D eigenvalue weighted by atomic mass is 10.1. The van der Waals surface area contributed by atoms with Gasteiger partial charge in [0.25, 0.3) is 0 Å². The lowest BCUT2D eigenvalue weighted by molar-refractivity contribution is -0.116. The maximum atomic E-state index is 12.8. The summed E-state index contributed by atoms with van der Waals surface area (Å²) in [5.74, 6) is -1.02. The van der Waals surface area contributed by atoms with E-state index in [1.165, 1.54) is 11.7 Å². The summed E-state index contributed by atoms with van der Waals surface area (Å²) in [6.45, 7) is -0.282. The topological polar surface area (TPSA) is 90.3 Å². The number of nitrogens with zero attached hydrogens (tertiary/aromatic N) is 2. The second-order valence-electron chi connectivity index (χ2n) is 6.56. The fraction of sp³-hybridized carbons (Fsp3) is 0.0909. The van der Waals surface area contributed by atoms with Gasteiger partial charge < -0.3 is 10.1 Å². The van der Waals surface area contributed by atoms with Gasteiger partial charge >= 0.3 is 11.7 Å². The van der Waals surface area contributed by atoms with E-state index in [0.717, 1.165) is 16.9 Å². The van der Waals surface area contributed by atoms with Gasteiger partial charge in [0, 0.05) is 16.0 Å². The average Bonchev–Trinajstić information content (AvgIpc) is 3.23. The van der Waals surface area contributed by atoms with Crippen molar-refractivity contribution in [2.24, 2.45) is 0 Å². The number of anilines is 1. The normalized spacial score (nSPS) is 10.8. The second-order valence-corrected chi connectivity index (χ2v) is 7.91. The van der Waals surface area contributed by atoms with E-state index in [1.807, 2.05) is 30.3 Å². The Morgan fingerprint density at radius 3 is 2.68 bits per heavy atom. The van der Waals surface area contributed by atoms with E-state index in [-0.39, 0.29) is 11.4 Å². The van der Waals surface area contributed by atoms with Gasteiger partial charge in [-0.25, -0.2) is 9.59 Å². The number of esters is 1. The Balaban J connectivity index is 1.73. The van der Waals surface area contributed by atoms with Gasteiger partial charge in [0.1, 0.15) is 11.4 Å². The second kappa shape index (κ2) is 8.71. The van der Waals surface area contributed by atoms with Crippen LogP contribution in [-0.2, 0) is 16.1 Å². The maximum absolute atomic E-state index is 12.8. The molecule has 4 aromatic rings. The molecule has 2 aromatic carbocycles. The van der Waals surface area contributed by atoms with Crippen LogP contribution in [0.15, 0.2) is 64.8 Å². The van der Waals surface area contributed by atoms with Crippen LogP contribution in [-0.4, -0.2) is 28.5 Å². The zero-order valence-electron chi connectivity index (χ0n) is 16.3. The quantitative estimate of drug-likeness (QED) is 0.457. The van der Waals surface area contributed by atoms with Crippen molar-refractivity contribution in [1.29, 1.82) is 0 Å². The zero-order chi connectivity index (χ0) is 22.0. The molecule has 1 N–H and O–H groups in total. The van der Waals surface area contributed by atoms with Crippen LogP contribution in [0.2, 0.25) is 5.02 Å². The maximum Gasteiger partial charge on any atom is 0.350 e. The Bertz CT molecular complexity index is 1350. The summed E-state index contributed by atoms with van der Waals surface area (Å²) >= 11 is 7.35. The van der Waals surface area contributed by atoms with Crippen molar-refractivity contribution in [3.05, 3.63) is 80.4 Å². The van der Waals surface area contributed by atoms with Gasteiger partial charge in [-0.2, -0.15) is 4.98 Å². The van der Waals surface area contributed by atoms with E-state index in [9.17, 15) is 14.4 Å². The fourth-order valence-corrected chi connectivity index (χ4v) is 4.15. The third kappa shape index (κ3) is 4.21. The lowest BCUT2D eigenvalue weighted by Crippen LogP contribution is -2.30. The number of hydrogen-bond acceptors (Lipinski definition) is 6. The fourth-order valence-electron chi connectivity index (χ4n) is 3.21. The number of halogens is 1. The highest BCUT2D eigenvalue weighted by atomic mass is 35.5. The first kappa shape index (κ1) is 20.8. The molecule has 0 bridgehead atoms. The molecule has 0 radical (unpaired) electrons. The summed E-state index contributed by atoms with van der Waals surface area (Å²) in [6, 6.07) is 15.9. The van der Waals surface area contributed by atoms with E-state index in [0.29, 0.717) is 27.3 Å². The van der Waals surface area contributed by atoms with Crippen LogP contribution >= 0.6 is 22.9 Å². The molecule has 0 aliphatic rings. The highest BCUT2D eigenvalue weighted by Gasteiger charge is 2.18. The van der Waals surface area contributed by atoms with Crippen LogP contribution in [0.1, 0.15) is 9.67 Å². The summed E-state index contributed by atoms with van der Waals surface area (Å²) < 4.78 is 6.00.